The molecule has 0 aromatic carbocycles. The second-order valence-corrected chi connectivity index (χ2v) is 7.64. The van der Waals surface area contributed by atoms with Crippen molar-refractivity contribution in [3.05, 3.63) is 24.2 Å². The third kappa shape index (κ3) is 3.46. The summed E-state index contributed by atoms with van der Waals surface area (Å²) in [4.78, 5) is 16.4. The van der Waals surface area contributed by atoms with Gasteiger partial charge in [-0.2, -0.15) is 4.98 Å². The van der Waals surface area contributed by atoms with E-state index in [0.717, 1.165) is 56.4 Å². The number of nitrogens with zero attached hydrogens (tertiary/aromatic N) is 6. The van der Waals surface area contributed by atoms with Crippen LogP contribution in [0.1, 0.15) is 38.6 Å². The van der Waals surface area contributed by atoms with Gasteiger partial charge in [-0.1, -0.05) is 5.16 Å². The maximum atomic E-state index is 5.60. The Bertz CT molecular complexity index is 720. The van der Waals surface area contributed by atoms with Gasteiger partial charge in [0.1, 0.15) is 5.82 Å². The molecular weight excluding hydrogens is 328 g/mol. The summed E-state index contributed by atoms with van der Waals surface area (Å²) in [6.07, 6.45) is 4.12. The zero-order valence-electron chi connectivity index (χ0n) is 15.9. The molecule has 0 saturated carbocycles. The van der Waals surface area contributed by atoms with E-state index < -0.39 is 0 Å². The summed E-state index contributed by atoms with van der Waals surface area (Å²) in [6.45, 7) is 9.72. The molecule has 2 aromatic heterocycles. The van der Waals surface area contributed by atoms with Crippen LogP contribution in [0.4, 0.5) is 5.82 Å². The van der Waals surface area contributed by atoms with Crippen LogP contribution in [-0.2, 0) is 0 Å². The van der Waals surface area contributed by atoms with Crippen molar-refractivity contribution in [2.45, 2.75) is 38.8 Å². The van der Waals surface area contributed by atoms with Gasteiger partial charge in [0.25, 0.3) is 0 Å². The van der Waals surface area contributed by atoms with E-state index in [-0.39, 0.29) is 6.04 Å². The summed E-state index contributed by atoms with van der Waals surface area (Å²) in [5.74, 6) is 2.38. The minimum Gasteiger partial charge on any atom is -0.354 e. The van der Waals surface area contributed by atoms with Gasteiger partial charge in [0.2, 0.25) is 11.7 Å². The number of likely N-dealkylation sites (N-methyl/N-ethyl adjacent to an activating group) is 1. The van der Waals surface area contributed by atoms with Crippen LogP contribution in [0.2, 0.25) is 0 Å². The second kappa shape index (κ2) is 7.32. The lowest BCUT2D eigenvalue weighted by Gasteiger charge is -2.33. The van der Waals surface area contributed by atoms with Gasteiger partial charge in [0.05, 0.1) is 6.04 Å². The molecule has 2 aromatic rings. The van der Waals surface area contributed by atoms with Crippen LogP contribution in [0.3, 0.4) is 0 Å². The molecular formula is C19H28N6O. The number of hydrogen-bond donors (Lipinski definition) is 0. The van der Waals surface area contributed by atoms with Crippen molar-refractivity contribution in [2.24, 2.45) is 0 Å². The van der Waals surface area contributed by atoms with Crippen LogP contribution in [0.5, 0.6) is 0 Å². The Hall–Kier alpha value is -1.99. The fraction of sp³-hybridized carbons (Fsp3) is 0.632. The number of piperazine rings is 1. The predicted octanol–water partition coefficient (Wildman–Crippen LogP) is 2.43. The zero-order chi connectivity index (χ0) is 18.1. The molecule has 0 N–H and O–H groups in total. The molecule has 26 heavy (non-hydrogen) atoms. The van der Waals surface area contributed by atoms with Crippen molar-refractivity contribution in [3.8, 4) is 11.4 Å². The normalized spacial score (nSPS) is 22.5. The van der Waals surface area contributed by atoms with Crippen molar-refractivity contribution >= 4 is 5.82 Å². The fourth-order valence-corrected chi connectivity index (χ4v) is 3.90. The summed E-state index contributed by atoms with van der Waals surface area (Å²) >= 11 is 0. The van der Waals surface area contributed by atoms with E-state index >= 15 is 0 Å². The first kappa shape index (κ1) is 17.4. The van der Waals surface area contributed by atoms with Crippen LogP contribution >= 0.6 is 0 Å². The lowest BCUT2D eigenvalue weighted by molar-refractivity contribution is 0.170. The van der Waals surface area contributed by atoms with E-state index in [1.807, 2.05) is 12.3 Å². The average Bonchev–Trinajstić information content (AvgIpc) is 3.32. The average molecular weight is 356 g/mol. The van der Waals surface area contributed by atoms with Gasteiger partial charge >= 0.3 is 0 Å². The Morgan fingerprint density at radius 1 is 1.12 bits per heavy atom. The van der Waals surface area contributed by atoms with Gasteiger partial charge in [0, 0.05) is 44.0 Å². The molecule has 0 radical (unpaired) electrons. The maximum Gasteiger partial charge on any atom is 0.244 e. The molecule has 0 spiro atoms. The summed E-state index contributed by atoms with van der Waals surface area (Å²) in [7, 11) is 2.16. The summed E-state index contributed by atoms with van der Waals surface area (Å²) in [6, 6.07) is 4.84. The van der Waals surface area contributed by atoms with Crippen LogP contribution in [-0.4, -0.2) is 70.7 Å². The van der Waals surface area contributed by atoms with Crippen molar-refractivity contribution in [2.75, 3.05) is 44.7 Å². The molecule has 4 heterocycles. The molecule has 1 atom stereocenters. The Morgan fingerprint density at radius 2 is 1.92 bits per heavy atom. The lowest BCUT2D eigenvalue weighted by atomic mass is 10.2. The monoisotopic (exact) mass is 356 g/mol. The molecule has 7 heteroatoms. The van der Waals surface area contributed by atoms with Crippen LogP contribution in [0, 0.1) is 0 Å². The van der Waals surface area contributed by atoms with E-state index in [2.05, 4.69) is 56.8 Å². The summed E-state index contributed by atoms with van der Waals surface area (Å²) < 4.78 is 5.60. The molecule has 2 fully saturated rings. The standard InChI is InChI=1S/C19H28N6O/c1-14(2)25-8-4-5-16(25)19-21-18(22-26-19)15-6-7-17(20-13-15)24-11-9-23(3)10-12-24/h6-7,13-14,16H,4-5,8-12H2,1-3H3/t16-/m0/s1. The van der Waals surface area contributed by atoms with Crippen molar-refractivity contribution in [1.29, 1.82) is 0 Å². The Morgan fingerprint density at radius 3 is 2.62 bits per heavy atom. The molecule has 0 aliphatic carbocycles. The van der Waals surface area contributed by atoms with E-state index in [9.17, 15) is 0 Å². The molecule has 0 bridgehead atoms. The number of pyridine rings is 1. The quantitative estimate of drug-likeness (QED) is 0.834. The highest BCUT2D eigenvalue weighted by Crippen LogP contribution is 2.33. The molecule has 140 valence electrons. The number of aromatic nitrogens is 3. The lowest BCUT2D eigenvalue weighted by Crippen LogP contribution is -2.44. The molecule has 2 aliphatic heterocycles. The highest BCUT2D eigenvalue weighted by atomic mass is 16.5. The van der Waals surface area contributed by atoms with Gasteiger partial charge < -0.3 is 14.3 Å². The Labute approximate surface area is 155 Å². The van der Waals surface area contributed by atoms with Gasteiger partial charge in [0.15, 0.2) is 0 Å². The molecule has 0 unspecified atom stereocenters. The largest absolute Gasteiger partial charge is 0.354 e. The van der Waals surface area contributed by atoms with Crippen LogP contribution in [0.25, 0.3) is 11.4 Å². The molecule has 7 nitrogen and oxygen atoms in total. The number of anilines is 1. The first-order chi connectivity index (χ1) is 12.6. The van der Waals surface area contributed by atoms with Crippen molar-refractivity contribution in [3.63, 3.8) is 0 Å². The number of rotatable bonds is 4. The number of likely N-dealkylation sites (tertiary alicyclic amines) is 1. The van der Waals surface area contributed by atoms with Gasteiger partial charge in [-0.3, -0.25) is 4.90 Å². The summed E-state index contributed by atoms with van der Waals surface area (Å²) in [5, 5.41) is 4.20. The van der Waals surface area contributed by atoms with E-state index in [1.165, 1.54) is 6.42 Å². The third-order valence-corrected chi connectivity index (χ3v) is 5.52. The van der Waals surface area contributed by atoms with Crippen molar-refractivity contribution in [1.82, 2.24) is 24.9 Å². The van der Waals surface area contributed by atoms with Crippen LogP contribution in [0.15, 0.2) is 22.9 Å². The van der Waals surface area contributed by atoms with Gasteiger partial charge in [-0.05, 0) is 52.4 Å². The zero-order valence-corrected chi connectivity index (χ0v) is 15.9. The van der Waals surface area contributed by atoms with Gasteiger partial charge in [-0.25, -0.2) is 4.98 Å². The molecule has 4 rings (SSSR count). The highest BCUT2D eigenvalue weighted by molar-refractivity contribution is 5.56. The smallest absolute Gasteiger partial charge is 0.244 e. The topological polar surface area (TPSA) is 61.5 Å². The minimum absolute atomic E-state index is 0.244. The second-order valence-electron chi connectivity index (χ2n) is 7.64. The summed E-state index contributed by atoms with van der Waals surface area (Å²) in [5.41, 5.74) is 0.909. The Balaban J connectivity index is 1.47. The van der Waals surface area contributed by atoms with Crippen LogP contribution < -0.4 is 4.90 Å². The Kier molecular flexibility index (Phi) is 4.91. The van der Waals surface area contributed by atoms with E-state index in [0.29, 0.717) is 11.9 Å². The highest BCUT2D eigenvalue weighted by Gasteiger charge is 2.32. The molecule has 0 amide bonds. The molecule has 2 aliphatic rings. The SMILES string of the molecule is CC(C)N1CCC[C@H]1c1nc(-c2ccc(N3CCN(C)CC3)nc2)no1. The molecule has 2 saturated heterocycles. The first-order valence-electron chi connectivity index (χ1n) is 9.61. The van der Waals surface area contributed by atoms with E-state index in [1.54, 1.807) is 0 Å². The number of hydrogen-bond acceptors (Lipinski definition) is 7. The van der Waals surface area contributed by atoms with Crippen molar-refractivity contribution < 1.29 is 4.52 Å². The fourth-order valence-electron chi connectivity index (χ4n) is 3.90. The third-order valence-electron chi connectivity index (χ3n) is 5.52. The first-order valence-corrected chi connectivity index (χ1v) is 9.61. The van der Waals surface area contributed by atoms with Gasteiger partial charge in [-0.15, -0.1) is 0 Å². The minimum atomic E-state index is 0.244. The maximum absolute atomic E-state index is 5.60. The predicted molar refractivity (Wildman–Crippen MR) is 101 cm³/mol. The van der Waals surface area contributed by atoms with E-state index in [4.69, 9.17) is 4.52 Å².